The first kappa shape index (κ1) is 22.1. The molecule has 1 saturated heterocycles. The fraction of sp³-hybridized carbons (Fsp3) is 0.250. The molecule has 1 fully saturated rings. The largest absolute Gasteiger partial charge is 0.497 e. The molecule has 0 bridgehead atoms. The van der Waals surface area contributed by atoms with Crippen molar-refractivity contribution in [1.29, 1.82) is 0 Å². The van der Waals surface area contributed by atoms with E-state index in [2.05, 4.69) is 26.6 Å². The molecule has 2 N–H and O–H groups in total. The number of hydrogen-bond donors (Lipinski definition) is 2. The molecule has 1 aromatic heterocycles. The van der Waals surface area contributed by atoms with Crippen molar-refractivity contribution in [3.63, 3.8) is 0 Å². The number of benzene rings is 2. The lowest BCUT2D eigenvalue weighted by molar-refractivity contribution is 0.0735. The Morgan fingerprint density at radius 3 is 2.66 bits per heavy atom. The van der Waals surface area contributed by atoms with Gasteiger partial charge in [0, 0.05) is 35.4 Å². The molecule has 0 unspecified atom stereocenters. The van der Waals surface area contributed by atoms with E-state index >= 15 is 0 Å². The molecule has 1 aliphatic heterocycles. The smallest absolute Gasteiger partial charge is 0.289 e. The van der Waals surface area contributed by atoms with Gasteiger partial charge in [0.1, 0.15) is 11.5 Å². The molecule has 0 atom stereocenters. The number of nitrogens with one attached hydrogen (secondary N) is 2. The van der Waals surface area contributed by atoms with Gasteiger partial charge >= 0.3 is 0 Å². The lowest BCUT2D eigenvalue weighted by Crippen LogP contribution is -2.33. The van der Waals surface area contributed by atoms with E-state index in [1.165, 1.54) is 0 Å². The van der Waals surface area contributed by atoms with Crippen molar-refractivity contribution in [3.8, 4) is 17.1 Å². The molecule has 8 heteroatoms. The minimum Gasteiger partial charge on any atom is -0.497 e. The molecule has 2 heterocycles. The van der Waals surface area contributed by atoms with Crippen LogP contribution in [0.2, 0.25) is 0 Å². The van der Waals surface area contributed by atoms with Gasteiger partial charge in [-0.3, -0.25) is 9.59 Å². The van der Waals surface area contributed by atoms with Gasteiger partial charge in [0.25, 0.3) is 11.8 Å². The third-order valence-electron chi connectivity index (χ3n) is 5.29. The van der Waals surface area contributed by atoms with Gasteiger partial charge in [-0.25, -0.2) is 0 Å². The fourth-order valence-corrected chi connectivity index (χ4v) is 3.96. The van der Waals surface area contributed by atoms with Crippen LogP contribution >= 0.6 is 15.9 Å². The van der Waals surface area contributed by atoms with Crippen molar-refractivity contribution >= 4 is 33.4 Å². The molecule has 0 saturated carbocycles. The van der Waals surface area contributed by atoms with Crippen LogP contribution < -0.4 is 15.4 Å². The van der Waals surface area contributed by atoms with Gasteiger partial charge < -0.3 is 24.7 Å². The molecule has 0 spiro atoms. The zero-order valence-corrected chi connectivity index (χ0v) is 19.3. The molecule has 0 aliphatic carbocycles. The molecule has 166 valence electrons. The summed E-state index contributed by atoms with van der Waals surface area (Å²) in [6.45, 7) is 3.11. The Balaban J connectivity index is 1.44. The molecule has 2 aromatic carbocycles. The van der Waals surface area contributed by atoms with E-state index in [1.54, 1.807) is 49.6 Å². The lowest BCUT2D eigenvalue weighted by atomic mass is 10.1. The van der Waals surface area contributed by atoms with Gasteiger partial charge in [0.05, 0.1) is 12.7 Å². The van der Waals surface area contributed by atoms with Gasteiger partial charge in [0.15, 0.2) is 5.76 Å². The summed E-state index contributed by atoms with van der Waals surface area (Å²) >= 11 is 3.40. The second-order valence-electron chi connectivity index (χ2n) is 7.44. The van der Waals surface area contributed by atoms with Crippen LogP contribution in [0.25, 0.3) is 11.3 Å². The highest BCUT2D eigenvalue weighted by molar-refractivity contribution is 9.10. The summed E-state index contributed by atoms with van der Waals surface area (Å²) in [5.74, 6) is 1.21. The van der Waals surface area contributed by atoms with Crippen molar-refractivity contribution in [2.24, 2.45) is 0 Å². The van der Waals surface area contributed by atoms with E-state index in [0.29, 0.717) is 39.5 Å². The normalized spacial score (nSPS) is 14.0. The minimum atomic E-state index is -0.249. The molecule has 1 aliphatic rings. The van der Waals surface area contributed by atoms with Gasteiger partial charge in [-0.05, 0) is 83.5 Å². The van der Waals surface area contributed by atoms with Crippen LogP contribution in [0.5, 0.6) is 5.75 Å². The first-order valence-electron chi connectivity index (χ1n) is 10.4. The third kappa shape index (κ3) is 5.03. The Labute approximate surface area is 194 Å². The first-order chi connectivity index (χ1) is 15.5. The van der Waals surface area contributed by atoms with Crippen molar-refractivity contribution < 1.29 is 18.7 Å². The number of hydrogen-bond acceptors (Lipinski definition) is 5. The Morgan fingerprint density at radius 1 is 1.06 bits per heavy atom. The van der Waals surface area contributed by atoms with Crippen LogP contribution in [-0.4, -0.2) is 50.0 Å². The van der Waals surface area contributed by atoms with E-state index in [1.807, 2.05) is 17.0 Å². The van der Waals surface area contributed by atoms with Crippen molar-refractivity contribution in [1.82, 2.24) is 10.2 Å². The molecule has 0 radical (unpaired) electrons. The molecule has 2 amide bonds. The van der Waals surface area contributed by atoms with Crippen LogP contribution in [0.3, 0.4) is 0 Å². The second kappa shape index (κ2) is 10.0. The number of amides is 2. The SMILES string of the molecule is COc1ccc(Br)c(C(=O)Nc2ccc(-c3ccc(C(=O)N4CCCNCC4)o3)cc2)c1. The maximum absolute atomic E-state index is 12.7. The predicted octanol–water partition coefficient (Wildman–Crippen LogP) is 4.41. The Bertz CT molecular complexity index is 1100. The van der Waals surface area contributed by atoms with Crippen molar-refractivity contribution in [2.45, 2.75) is 6.42 Å². The maximum Gasteiger partial charge on any atom is 0.289 e. The Morgan fingerprint density at radius 2 is 1.88 bits per heavy atom. The van der Waals surface area contributed by atoms with E-state index in [9.17, 15) is 9.59 Å². The van der Waals surface area contributed by atoms with Gasteiger partial charge in [-0.15, -0.1) is 0 Å². The standard InChI is InChI=1S/C24H24BrN3O4/c1-31-18-7-8-20(25)19(15-18)23(29)27-17-5-3-16(4-6-17)21-9-10-22(32-21)24(30)28-13-2-11-26-12-14-28/h3-10,15,26H,2,11-14H2,1H3,(H,27,29). The number of methoxy groups -OCH3 is 1. The zero-order chi connectivity index (χ0) is 22.5. The summed E-state index contributed by atoms with van der Waals surface area (Å²) in [6.07, 6.45) is 0.929. The number of ether oxygens (including phenoxy) is 1. The average Bonchev–Trinajstić information content (AvgIpc) is 3.14. The van der Waals surface area contributed by atoms with Gasteiger partial charge in [0.2, 0.25) is 0 Å². The fourth-order valence-electron chi connectivity index (χ4n) is 3.53. The highest BCUT2D eigenvalue weighted by Crippen LogP contribution is 2.26. The van der Waals surface area contributed by atoms with Crippen LogP contribution in [0.15, 0.2) is 63.5 Å². The van der Waals surface area contributed by atoms with Crippen LogP contribution in [0, 0.1) is 0 Å². The Hall–Kier alpha value is -3.10. The highest BCUT2D eigenvalue weighted by Gasteiger charge is 2.20. The third-order valence-corrected chi connectivity index (χ3v) is 5.98. The number of carbonyl (C=O) groups excluding carboxylic acids is 2. The second-order valence-corrected chi connectivity index (χ2v) is 8.29. The average molecular weight is 498 g/mol. The molecule has 3 aromatic rings. The first-order valence-corrected chi connectivity index (χ1v) is 11.2. The maximum atomic E-state index is 12.7. The summed E-state index contributed by atoms with van der Waals surface area (Å²) in [4.78, 5) is 27.2. The topological polar surface area (TPSA) is 83.8 Å². The Kier molecular flexibility index (Phi) is 6.92. The van der Waals surface area contributed by atoms with Crippen LogP contribution in [0.1, 0.15) is 27.3 Å². The number of anilines is 1. The number of nitrogens with zero attached hydrogens (tertiary/aromatic N) is 1. The van der Waals surface area contributed by atoms with Gasteiger partial charge in [-0.2, -0.15) is 0 Å². The number of carbonyl (C=O) groups is 2. The summed E-state index contributed by atoms with van der Waals surface area (Å²) in [6, 6.07) is 16.0. The number of furan rings is 1. The lowest BCUT2D eigenvalue weighted by Gasteiger charge is -2.18. The highest BCUT2D eigenvalue weighted by atomic mass is 79.9. The van der Waals surface area contributed by atoms with Crippen LogP contribution in [-0.2, 0) is 0 Å². The quantitative estimate of drug-likeness (QED) is 0.545. The molecular formula is C24H24BrN3O4. The summed E-state index contributed by atoms with van der Waals surface area (Å²) in [5, 5.41) is 6.17. The van der Waals surface area contributed by atoms with E-state index in [0.717, 1.165) is 31.6 Å². The molecular weight excluding hydrogens is 474 g/mol. The van der Waals surface area contributed by atoms with E-state index in [4.69, 9.17) is 9.15 Å². The van der Waals surface area contributed by atoms with Gasteiger partial charge in [-0.1, -0.05) is 0 Å². The minimum absolute atomic E-state index is 0.0901. The summed E-state index contributed by atoms with van der Waals surface area (Å²) < 4.78 is 11.7. The van der Waals surface area contributed by atoms with E-state index in [-0.39, 0.29) is 11.8 Å². The van der Waals surface area contributed by atoms with Crippen molar-refractivity contribution in [2.75, 3.05) is 38.6 Å². The van der Waals surface area contributed by atoms with Crippen molar-refractivity contribution in [3.05, 3.63) is 70.4 Å². The summed E-state index contributed by atoms with van der Waals surface area (Å²) in [7, 11) is 1.56. The monoisotopic (exact) mass is 497 g/mol. The molecule has 4 rings (SSSR count). The predicted molar refractivity (Wildman–Crippen MR) is 126 cm³/mol. The van der Waals surface area contributed by atoms with E-state index < -0.39 is 0 Å². The zero-order valence-electron chi connectivity index (χ0n) is 17.7. The molecule has 32 heavy (non-hydrogen) atoms. The number of rotatable bonds is 5. The molecule has 7 nitrogen and oxygen atoms in total. The number of halogens is 1. The van der Waals surface area contributed by atoms with Crippen LogP contribution in [0.4, 0.5) is 5.69 Å². The summed E-state index contributed by atoms with van der Waals surface area (Å²) in [5.41, 5.74) is 1.95.